The van der Waals surface area contributed by atoms with Gasteiger partial charge < -0.3 is 19.7 Å². The molecule has 0 radical (unpaired) electrons. The minimum Gasteiger partial charge on any atom is -0.494 e. The minimum atomic E-state index is -1.29. The van der Waals surface area contributed by atoms with Crippen LogP contribution in [0, 0.1) is 17.1 Å². The van der Waals surface area contributed by atoms with Crippen LogP contribution in [0.15, 0.2) is 53.3 Å². The lowest BCUT2D eigenvalue weighted by Gasteiger charge is -2.34. The standard InChI is InChI=1S/C30H36FN7O3Si/c1-40-26-7-5-6-24(31)30(26)38-27(39)18-25-29(35-38)28(34-37(25)20-41-16-17-42(2,3)4)21-8-10-23(11-9-21)36-15-14-33-22(19-36)12-13-32/h5-11,18,22,33H,12,14-17,19-20H2,1-4H3/t22-/m0/s1. The van der Waals surface area contributed by atoms with E-state index in [9.17, 15) is 9.18 Å². The van der Waals surface area contributed by atoms with Gasteiger partial charge in [-0.25, -0.2) is 9.07 Å². The van der Waals surface area contributed by atoms with Crippen LogP contribution in [0.3, 0.4) is 0 Å². The molecule has 4 aromatic rings. The minimum absolute atomic E-state index is 0.0574. The number of halogens is 1. The van der Waals surface area contributed by atoms with Crippen LogP contribution in [0.2, 0.25) is 25.7 Å². The maximum atomic E-state index is 15.0. The molecular formula is C30H36FN7O3Si. The zero-order valence-electron chi connectivity index (χ0n) is 24.4. The Balaban J connectivity index is 1.54. The molecule has 1 N–H and O–H groups in total. The molecule has 10 nitrogen and oxygen atoms in total. The van der Waals surface area contributed by atoms with Crippen LogP contribution in [0.5, 0.6) is 5.75 Å². The summed E-state index contributed by atoms with van der Waals surface area (Å²) in [6, 6.07) is 17.1. The van der Waals surface area contributed by atoms with Crippen LogP contribution in [-0.4, -0.2) is 67.0 Å². The monoisotopic (exact) mass is 589 g/mol. The van der Waals surface area contributed by atoms with Crippen molar-refractivity contribution in [3.8, 4) is 28.8 Å². The van der Waals surface area contributed by atoms with Gasteiger partial charge in [0.2, 0.25) is 0 Å². The van der Waals surface area contributed by atoms with E-state index in [2.05, 4.69) is 41.0 Å². The Hall–Kier alpha value is -4.05. The van der Waals surface area contributed by atoms with Gasteiger partial charge in [0.1, 0.15) is 29.4 Å². The van der Waals surface area contributed by atoms with Gasteiger partial charge in [0.15, 0.2) is 5.82 Å². The number of nitrogens with zero attached hydrogens (tertiary/aromatic N) is 6. The third kappa shape index (κ3) is 6.38. The number of nitriles is 1. The fourth-order valence-corrected chi connectivity index (χ4v) is 5.78. The van der Waals surface area contributed by atoms with Gasteiger partial charge in [0, 0.05) is 57.7 Å². The molecule has 1 aliphatic rings. The molecule has 0 saturated carbocycles. The number of ether oxygens (including phenoxy) is 2. The molecule has 5 rings (SSSR count). The summed E-state index contributed by atoms with van der Waals surface area (Å²) < 4.78 is 29.0. The molecule has 3 heterocycles. The van der Waals surface area contributed by atoms with Crippen molar-refractivity contribution in [1.82, 2.24) is 24.9 Å². The first-order chi connectivity index (χ1) is 20.2. The number of aromatic nitrogens is 4. The first kappa shape index (κ1) is 29.4. The zero-order chi connectivity index (χ0) is 29.9. The number of anilines is 1. The quantitative estimate of drug-likeness (QED) is 0.214. The number of para-hydroxylation sites is 1. The Morgan fingerprint density at radius 1 is 1.17 bits per heavy atom. The summed E-state index contributed by atoms with van der Waals surface area (Å²) in [4.78, 5) is 15.5. The van der Waals surface area contributed by atoms with E-state index in [4.69, 9.17) is 19.8 Å². The zero-order valence-corrected chi connectivity index (χ0v) is 25.4. The van der Waals surface area contributed by atoms with Gasteiger partial charge in [-0.15, -0.1) is 0 Å². The normalized spacial score (nSPS) is 15.6. The molecule has 0 bridgehead atoms. The maximum absolute atomic E-state index is 15.0. The predicted molar refractivity (Wildman–Crippen MR) is 163 cm³/mol. The van der Waals surface area contributed by atoms with E-state index in [0.717, 1.165) is 41.6 Å². The summed E-state index contributed by atoms with van der Waals surface area (Å²) in [5.74, 6) is -0.426. The lowest BCUT2D eigenvalue weighted by Crippen LogP contribution is -2.50. The molecule has 0 spiro atoms. The number of methoxy groups -OCH3 is 1. The average Bonchev–Trinajstić information content (AvgIpc) is 3.32. The SMILES string of the molecule is COc1cccc(F)c1-n1nc2c(-c3ccc(N4CCN[C@@H](CC#N)C4)cc3)nn(COCC[Si](C)(C)C)c2cc1=O. The van der Waals surface area contributed by atoms with Gasteiger partial charge in [-0.1, -0.05) is 37.8 Å². The summed E-state index contributed by atoms with van der Waals surface area (Å²) in [5.41, 5.74) is 2.77. The summed E-state index contributed by atoms with van der Waals surface area (Å²) in [5, 5.41) is 21.9. The highest BCUT2D eigenvalue weighted by Gasteiger charge is 2.22. The molecule has 0 aliphatic carbocycles. The van der Waals surface area contributed by atoms with Crippen molar-refractivity contribution in [3.63, 3.8) is 0 Å². The van der Waals surface area contributed by atoms with Crippen LogP contribution in [0.25, 0.3) is 28.0 Å². The number of hydrogen-bond acceptors (Lipinski definition) is 8. The highest BCUT2D eigenvalue weighted by molar-refractivity contribution is 6.76. The average molecular weight is 590 g/mol. The highest BCUT2D eigenvalue weighted by atomic mass is 28.3. The van der Waals surface area contributed by atoms with E-state index in [1.54, 1.807) is 10.7 Å². The van der Waals surface area contributed by atoms with Gasteiger partial charge in [0.05, 0.1) is 25.1 Å². The summed E-state index contributed by atoms with van der Waals surface area (Å²) in [6.07, 6.45) is 0.457. The molecule has 1 aliphatic heterocycles. The van der Waals surface area contributed by atoms with Gasteiger partial charge in [-0.3, -0.25) is 4.79 Å². The smallest absolute Gasteiger partial charge is 0.273 e. The van der Waals surface area contributed by atoms with Crippen molar-refractivity contribution in [2.24, 2.45) is 0 Å². The van der Waals surface area contributed by atoms with Crippen LogP contribution >= 0.6 is 0 Å². The topological polar surface area (TPSA) is 110 Å². The second-order valence-corrected chi connectivity index (χ2v) is 17.2. The van der Waals surface area contributed by atoms with E-state index in [1.807, 2.05) is 24.3 Å². The number of hydrogen-bond donors (Lipinski definition) is 1. The van der Waals surface area contributed by atoms with Crippen molar-refractivity contribution in [3.05, 3.63) is 64.7 Å². The van der Waals surface area contributed by atoms with Crippen molar-refractivity contribution in [2.45, 2.75) is 44.9 Å². The fraction of sp³-hybridized carbons (Fsp3) is 0.400. The number of benzene rings is 2. The summed E-state index contributed by atoms with van der Waals surface area (Å²) >= 11 is 0. The largest absolute Gasteiger partial charge is 0.494 e. The Morgan fingerprint density at radius 3 is 2.67 bits per heavy atom. The van der Waals surface area contributed by atoms with E-state index in [1.165, 1.54) is 25.3 Å². The van der Waals surface area contributed by atoms with Gasteiger partial charge in [-0.2, -0.15) is 20.1 Å². The molecule has 12 heteroatoms. The molecular weight excluding hydrogens is 553 g/mol. The Labute approximate surface area is 245 Å². The molecule has 2 aromatic carbocycles. The van der Waals surface area contributed by atoms with Crippen molar-refractivity contribution in [1.29, 1.82) is 5.26 Å². The maximum Gasteiger partial charge on any atom is 0.273 e. The molecule has 0 amide bonds. The van der Waals surface area contributed by atoms with Crippen molar-refractivity contribution in [2.75, 3.05) is 38.3 Å². The van der Waals surface area contributed by atoms with Crippen LogP contribution in [-0.2, 0) is 11.5 Å². The second kappa shape index (κ2) is 12.4. The summed E-state index contributed by atoms with van der Waals surface area (Å²) in [6.45, 7) is 10.0. The first-order valence-corrected chi connectivity index (χ1v) is 17.8. The first-order valence-electron chi connectivity index (χ1n) is 14.1. The third-order valence-corrected chi connectivity index (χ3v) is 9.03. The molecule has 1 atom stereocenters. The summed E-state index contributed by atoms with van der Waals surface area (Å²) in [7, 11) is 0.137. The Morgan fingerprint density at radius 2 is 1.95 bits per heavy atom. The van der Waals surface area contributed by atoms with Gasteiger partial charge in [-0.05, 0) is 30.3 Å². The van der Waals surface area contributed by atoms with Crippen LogP contribution in [0.4, 0.5) is 10.1 Å². The molecule has 220 valence electrons. The van der Waals surface area contributed by atoms with Gasteiger partial charge >= 0.3 is 0 Å². The van der Waals surface area contributed by atoms with Crippen molar-refractivity contribution < 1.29 is 13.9 Å². The lowest BCUT2D eigenvalue weighted by atomic mass is 10.1. The molecule has 1 fully saturated rings. The Kier molecular flexibility index (Phi) is 8.72. The molecule has 0 unspecified atom stereocenters. The number of piperazine rings is 1. The number of nitrogens with one attached hydrogen (secondary N) is 1. The molecule has 1 saturated heterocycles. The molecule has 2 aromatic heterocycles. The van der Waals surface area contributed by atoms with E-state index >= 15 is 0 Å². The van der Waals surface area contributed by atoms with E-state index in [-0.39, 0.29) is 24.2 Å². The number of fused-ring (bicyclic) bond motifs is 1. The Bertz CT molecular complexity index is 1660. The number of rotatable bonds is 10. The lowest BCUT2D eigenvalue weighted by molar-refractivity contribution is 0.0818. The predicted octanol–water partition coefficient (Wildman–Crippen LogP) is 4.40. The second-order valence-electron chi connectivity index (χ2n) is 11.6. The fourth-order valence-electron chi connectivity index (χ4n) is 5.02. The highest BCUT2D eigenvalue weighted by Crippen LogP contribution is 2.30. The van der Waals surface area contributed by atoms with Crippen LogP contribution < -0.4 is 20.5 Å². The van der Waals surface area contributed by atoms with Gasteiger partial charge in [0.25, 0.3) is 5.56 Å². The van der Waals surface area contributed by atoms with E-state index in [0.29, 0.717) is 29.8 Å². The molecule has 42 heavy (non-hydrogen) atoms. The van der Waals surface area contributed by atoms with E-state index < -0.39 is 19.5 Å². The van der Waals surface area contributed by atoms with Crippen molar-refractivity contribution >= 4 is 24.8 Å². The van der Waals surface area contributed by atoms with Crippen LogP contribution in [0.1, 0.15) is 6.42 Å². The third-order valence-electron chi connectivity index (χ3n) is 7.33.